The standard InChI is InChI=1S/C13H20FN3S/c1-16-4-6-17(7-5-16)8-9-18-13-3-2-11(15)10-12(13)14/h2-3,10H,4-9,15H2,1H3. The van der Waals surface area contributed by atoms with Crippen LogP contribution in [0.2, 0.25) is 0 Å². The van der Waals surface area contributed by atoms with E-state index in [-0.39, 0.29) is 5.82 Å². The number of likely N-dealkylation sites (N-methyl/N-ethyl adjacent to an activating group) is 1. The highest BCUT2D eigenvalue weighted by Crippen LogP contribution is 2.23. The van der Waals surface area contributed by atoms with Crippen LogP contribution < -0.4 is 5.73 Å². The summed E-state index contributed by atoms with van der Waals surface area (Å²) in [6.07, 6.45) is 0. The maximum absolute atomic E-state index is 13.5. The van der Waals surface area contributed by atoms with Crippen molar-refractivity contribution in [2.24, 2.45) is 0 Å². The van der Waals surface area contributed by atoms with Crippen molar-refractivity contribution in [1.82, 2.24) is 9.80 Å². The zero-order valence-corrected chi connectivity index (χ0v) is 11.5. The fourth-order valence-corrected chi connectivity index (χ4v) is 2.92. The van der Waals surface area contributed by atoms with Gasteiger partial charge in [-0.3, -0.25) is 4.90 Å². The number of anilines is 1. The normalized spacial score (nSPS) is 18.1. The predicted molar refractivity (Wildman–Crippen MR) is 75.5 cm³/mol. The van der Waals surface area contributed by atoms with Crippen LogP contribution in [0.25, 0.3) is 0 Å². The van der Waals surface area contributed by atoms with Crippen molar-refractivity contribution in [3.63, 3.8) is 0 Å². The maximum atomic E-state index is 13.5. The quantitative estimate of drug-likeness (QED) is 0.667. The summed E-state index contributed by atoms with van der Waals surface area (Å²) in [4.78, 5) is 5.46. The zero-order valence-electron chi connectivity index (χ0n) is 10.7. The summed E-state index contributed by atoms with van der Waals surface area (Å²) in [7, 11) is 2.15. The Morgan fingerprint density at radius 2 is 2.00 bits per heavy atom. The van der Waals surface area contributed by atoms with Gasteiger partial charge in [-0.2, -0.15) is 0 Å². The lowest BCUT2D eigenvalue weighted by molar-refractivity contribution is 0.161. The van der Waals surface area contributed by atoms with Gasteiger partial charge in [0.15, 0.2) is 0 Å². The van der Waals surface area contributed by atoms with E-state index in [1.165, 1.54) is 6.07 Å². The lowest BCUT2D eigenvalue weighted by Crippen LogP contribution is -2.45. The Bertz CT molecular complexity index is 392. The van der Waals surface area contributed by atoms with Crippen LogP contribution in [0.1, 0.15) is 0 Å². The van der Waals surface area contributed by atoms with E-state index in [4.69, 9.17) is 5.73 Å². The van der Waals surface area contributed by atoms with Gasteiger partial charge in [-0.25, -0.2) is 4.39 Å². The Balaban J connectivity index is 1.75. The van der Waals surface area contributed by atoms with Crippen molar-refractivity contribution < 1.29 is 4.39 Å². The van der Waals surface area contributed by atoms with Crippen LogP contribution in [0, 0.1) is 5.82 Å². The minimum absolute atomic E-state index is 0.210. The first kappa shape index (κ1) is 13.6. The number of benzene rings is 1. The molecule has 0 atom stereocenters. The van der Waals surface area contributed by atoms with Gasteiger partial charge in [-0.15, -0.1) is 11.8 Å². The number of nitrogens with zero attached hydrogens (tertiary/aromatic N) is 2. The maximum Gasteiger partial charge on any atom is 0.138 e. The molecule has 1 aromatic rings. The summed E-state index contributed by atoms with van der Waals surface area (Å²) in [6.45, 7) is 5.49. The van der Waals surface area contributed by atoms with Gasteiger partial charge in [0.05, 0.1) is 0 Å². The number of piperazine rings is 1. The average molecular weight is 269 g/mol. The Morgan fingerprint density at radius 3 is 2.67 bits per heavy atom. The van der Waals surface area contributed by atoms with Crippen LogP contribution in [0.4, 0.5) is 10.1 Å². The number of thioether (sulfide) groups is 1. The summed E-state index contributed by atoms with van der Waals surface area (Å²) < 4.78 is 13.5. The first-order chi connectivity index (χ1) is 8.65. The van der Waals surface area contributed by atoms with Crippen LogP contribution in [0.3, 0.4) is 0 Å². The van der Waals surface area contributed by atoms with E-state index in [1.54, 1.807) is 23.9 Å². The molecule has 2 rings (SSSR count). The molecule has 1 fully saturated rings. The van der Waals surface area contributed by atoms with E-state index in [9.17, 15) is 4.39 Å². The van der Waals surface area contributed by atoms with Gasteiger partial charge >= 0.3 is 0 Å². The largest absolute Gasteiger partial charge is 0.399 e. The van der Waals surface area contributed by atoms with Gasteiger partial charge in [0.1, 0.15) is 5.82 Å². The highest BCUT2D eigenvalue weighted by Gasteiger charge is 2.13. The molecular weight excluding hydrogens is 249 g/mol. The summed E-state index contributed by atoms with van der Waals surface area (Å²) in [6, 6.07) is 4.90. The third-order valence-electron chi connectivity index (χ3n) is 3.22. The van der Waals surface area contributed by atoms with Gasteiger partial charge in [-0.1, -0.05) is 0 Å². The fraction of sp³-hybridized carbons (Fsp3) is 0.538. The van der Waals surface area contributed by atoms with Crippen LogP contribution in [0.15, 0.2) is 23.1 Å². The van der Waals surface area contributed by atoms with Crippen molar-refractivity contribution >= 4 is 17.4 Å². The van der Waals surface area contributed by atoms with Crippen molar-refractivity contribution in [3.05, 3.63) is 24.0 Å². The Kier molecular flexibility index (Phi) is 4.86. The molecule has 0 aliphatic carbocycles. The number of halogens is 1. The molecule has 1 aliphatic heterocycles. The van der Waals surface area contributed by atoms with E-state index in [0.717, 1.165) is 38.5 Å². The van der Waals surface area contributed by atoms with E-state index in [0.29, 0.717) is 10.6 Å². The average Bonchev–Trinajstić information content (AvgIpc) is 2.34. The molecule has 0 unspecified atom stereocenters. The molecule has 0 radical (unpaired) electrons. The number of rotatable bonds is 4. The van der Waals surface area contributed by atoms with Crippen LogP contribution in [0.5, 0.6) is 0 Å². The topological polar surface area (TPSA) is 32.5 Å². The summed E-state index contributed by atoms with van der Waals surface area (Å²) in [5, 5.41) is 0. The van der Waals surface area contributed by atoms with Crippen LogP contribution in [-0.4, -0.2) is 55.3 Å². The molecule has 0 spiro atoms. The molecule has 2 N–H and O–H groups in total. The highest BCUT2D eigenvalue weighted by molar-refractivity contribution is 7.99. The Hall–Kier alpha value is -0.780. The number of nitrogen functional groups attached to an aromatic ring is 1. The van der Waals surface area contributed by atoms with Gasteiger partial charge < -0.3 is 10.6 Å². The first-order valence-corrected chi connectivity index (χ1v) is 7.22. The van der Waals surface area contributed by atoms with E-state index >= 15 is 0 Å². The third-order valence-corrected chi connectivity index (χ3v) is 4.25. The molecule has 5 heteroatoms. The Morgan fingerprint density at radius 1 is 1.28 bits per heavy atom. The number of nitrogens with two attached hydrogens (primary N) is 1. The van der Waals surface area contributed by atoms with Gasteiger partial charge in [0, 0.05) is 49.1 Å². The highest BCUT2D eigenvalue weighted by atomic mass is 32.2. The summed E-state index contributed by atoms with van der Waals surface area (Å²) >= 11 is 1.56. The molecule has 0 aromatic heterocycles. The molecule has 1 heterocycles. The van der Waals surface area contributed by atoms with E-state index < -0.39 is 0 Å². The SMILES string of the molecule is CN1CCN(CCSc2ccc(N)cc2F)CC1. The minimum atomic E-state index is -0.210. The minimum Gasteiger partial charge on any atom is -0.399 e. The third kappa shape index (κ3) is 3.86. The van der Waals surface area contributed by atoms with Gasteiger partial charge in [-0.05, 0) is 25.2 Å². The van der Waals surface area contributed by atoms with Crippen LogP contribution in [-0.2, 0) is 0 Å². The molecule has 0 bridgehead atoms. The number of hydrogen-bond acceptors (Lipinski definition) is 4. The van der Waals surface area contributed by atoms with Crippen molar-refractivity contribution in [2.45, 2.75) is 4.90 Å². The molecule has 1 saturated heterocycles. The second-order valence-corrected chi connectivity index (χ2v) is 5.82. The van der Waals surface area contributed by atoms with Crippen molar-refractivity contribution in [2.75, 3.05) is 51.3 Å². The monoisotopic (exact) mass is 269 g/mol. The fourth-order valence-electron chi connectivity index (χ4n) is 1.99. The molecule has 1 aromatic carbocycles. The van der Waals surface area contributed by atoms with Gasteiger partial charge in [0.2, 0.25) is 0 Å². The van der Waals surface area contributed by atoms with E-state index in [1.807, 2.05) is 0 Å². The molecule has 3 nitrogen and oxygen atoms in total. The van der Waals surface area contributed by atoms with Gasteiger partial charge in [0.25, 0.3) is 0 Å². The second kappa shape index (κ2) is 6.41. The summed E-state index contributed by atoms with van der Waals surface area (Å²) in [5.41, 5.74) is 6.01. The number of hydrogen-bond donors (Lipinski definition) is 1. The van der Waals surface area contributed by atoms with Crippen molar-refractivity contribution in [3.8, 4) is 0 Å². The molecule has 18 heavy (non-hydrogen) atoms. The predicted octanol–water partition coefficient (Wildman–Crippen LogP) is 1.75. The van der Waals surface area contributed by atoms with E-state index in [2.05, 4.69) is 16.8 Å². The molecular formula is C13H20FN3S. The smallest absolute Gasteiger partial charge is 0.138 e. The molecule has 1 aliphatic rings. The lowest BCUT2D eigenvalue weighted by Gasteiger charge is -2.32. The second-order valence-electron chi connectivity index (χ2n) is 4.68. The molecule has 0 saturated carbocycles. The van der Waals surface area contributed by atoms with Crippen molar-refractivity contribution in [1.29, 1.82) is 0 Å². The molecule has 100 valence electrons. The zero-order chi connectivity index (χ0) is 13.0. The molecule has 0 amide bonds. The van der Waals surface area contributed by atoms with Crippen LogP contribution >= 0.6 is 11.8 Å². The summed E-state index contributed by atoms with van der Waals surface area (Å²) in [5.74, 6) is 0.711. The lowest BCUT2D eigenvalue weighted by atomic mass is 10.3. The first-order valence-electron chi connectivity index (χ1n) is 6.24. The Labute approximate surface area is 112 Å².